The Balaban J connectivity index is 1.82. The van der Waals surface area contributed by atoms with E-state index in [0.29, 0.717) is 6.54 Å². The lowest BCUT2D eigenvalue weighted by atomic mass is 10.1. The molecule has 0 bridgehead atoms. The predicted octanol–water partition coefficient (Wildman–Crippen LogP) is 6.97. The van der Waals surface area contributed by atoms with Gasteiger partial charge in [-0.2, -0.15) is 13.2 Å². The van der Waals surface area contributed by atoms with Crippen molar-refractivity contribution < 1.29 is 13.2 Å². The fourth-order valence-corrected chi connectivity index (χ4v) is 6.81. The van der Waals surface area contributed by atoms with E-state index in [-0.39, 0.29) is 5.78 Å². The van der Waals surface area contributed by atoms with E-state index in [2.05, 4.69) is 48.3 Å². The van der Waals surface area contributed by atoms with Crippen molar-refractivity contribution >= 4 is 18.5 Å². The van der Waals surface area contributed by atoms with E-state index in [9.17, 15) is 13.2 Å². The van der Waals surface area contributed by atoms with Gasteiger partial charge in [0.2, 0.25) is 0 Å². The zero-order valence-electron chi connectivity index (χ0n) is 18.3. The van der Waals surface area contributed by atoms with E-state index in [1.54, 1.807) is 12.1 Å². The molecular formula is C28H25F3NP. The van der Waals surface area contributed by atoms with Crippen LogP contribution in [0.25, 0.3) is 0 Å². The van der Waals surface area contributed by atoms with Crippen molar-refractivity contribution in [2.24, 2.45) is 0 Å². The molecule has 0 spiro atoms. The third kappa shape index (κ3) is 5.71. The number of hydrogen-bond donors (Lipinski definition) is 0. The van der Waals surface area contributed by atoms with Gasteiger partial charge in [0.25, 0.3) is 0 Å². The van der Waals surface area contributed by atoms with Crippen LogP contribution in [0.1, 0.15) is 22.5 Å². The number of hydrogen-bond acceptors (Lipinski definition) is 1. The van der Waals surface area contributed by atoms with Gasteiger partial charge >= 0.3 is 6.18 Å². The van der Waals surface area contributed by atoms with Crippen LogP contribution in [0, 0.1) is 0 Å². The highest BCUT2D eigenvalue weighted by molar-refractivity contribution is 7.73. The average Bonchev–Trinajstić information content (AvgIpc) is 2.83. The fraction of sp³-hybridized carbons (Fsp3) is 0.143. The Bertz CT molecular complexity index is 1090. The molecule has 1 unspecified atom stereocenters. The van der Waals surface area contributed by atoms with E-state index in [4.69, 9.17) is 0 Å². The molecule has 1 nitrogen and oxygen atoms in total. The first-order valence-electron chi connectivity index (χ1n) is 10.7. The maximum Gasteiger partial charge on any atom is 0.416 e. The molecule has 0 aliphatic rings. The largest absolute Gasteiger partial charge is 0.416 e. The Kier molecular flexibility index (Phi) is 7.27. The fourth-order valence-electron chi connectivity index (χ4n) is 4.01. The molecule has 168 valence electrons. The molecular weight excluding hydrogens is 438 g/mol. The molecule has 0 saturated heterocycles. The SMILES string of the molecule is CN(Cc1ccccc1)C(c1ccc(C(F)(F)F)cc1)P(c1ccccc1)c1ccccc1. The van der Waals surface area contributed by atoms with Gasteiger partial charge in [-0.05, 0) is 48.8 Å². The molecule has 4 aromatic rings. The van der Waals surface area contributed by atoms with Gasteiger partial charge in [-0.3, -0.25) is 4.90 Å². The monoisotopic (exact) mass is 463 g/mol. The third-order valence-electron chi connectivity index (χ3n) is 5.54. The van der Waals surface area contributed by atoms with E-state index >= 15 is 0 Å². The molecule has 4 aromatic carbocycles. The minimum Gasteiger partial charge on any atom is -0.291 e. The second-order valence-corrected chi connectivity index (χ2v) is 10.2. The quantitative estimate of drug-likeness (QED) is 0.268. The molecule has 0 radical (unpaired) electrons. The van der Waals surface area contributed by atoms with Crippen molar-refractivity contribution in [3.63, 3.8) is 0 Å². The summed E-state index contributed by atoms with van der Waals surface area (Å²) in [5.74, 6) is -0.104. The van der Waals surface area contributed by atoms with E-state index < -0.39 is 19.7 Å². The van der Waals surface area contributed by atoms with Crippen molar-refractivity contribution in [1.29, 1.82) is 0 Å². The Morgan fingerprint density at radius 3 is 1.58 bits per heavy atom. The van der Waals surface area contributed by atoms with Crippen molar-refractivity contribution in [2.45, 2.75) is 18.5 Å². The van der Waals surface area contributed by atoms with Gasteiger partial charge in [-0.25, -0.2) is 0 Å². The van der Waals surface area contributed by atoms with Gasteiger partial charge < -0.3 is 0 Å². The summed E-state index contributed by atoms with van der Waals surface area (Å²) in [5.41, 5.74) is 1.41. The Morgan fingerprint density at radius 2 is 1.12 bits per heavy atom. The third-order valence-corrected chi connectivity index (χ3v) is 8.43. The van der Waals surface area contributed by atoms with Crippen molar-refractivity contribution in [3.8, 4) is 0 Å². The number of nitrogens with zero attached hydrogens (tertiary/aromatic N) is 1. The van der Waals surface area contributed by atoms with Crippen LogP contribution in [0.5, 0.6) is 0 Å². The van der Waals surface area contributed by atoms with Crippen LogP contribution >= 0.6 is 7.92 Å². The maximum absolute atomic E-state index is 13.2. The molecule has 1 atom stereocenters. The number of halogens is 3. The summed E-state index contributed by atoms with van der Waals surface area (Å²) in [6.45, 7) is 0.686. The smallest absolute Gasteiger partial charge is 0.291 e. The predicted molar refractivity (Wildman–Crippen MR) is 131 cm³/mol. The molecule has 0 heterocycles. The van der Waals surface area contributed by atoms with Gasteiger partial charge in [0.15, 0.2) is 0 Å². The molecule has 0 aliphatic heterocycles. The summed E-state index contributed by atoms with van der Waals surface area (Å²) >= 11 is 0. The summed E-state index contributed by atoms with van der Waals surface area (Å²) in [5, 5.41) is 2.37. The molecule has 5 heteroatoms. The van der Waals surface area contributed by atoms with Crippen LogP contribution < -0.4 is 10.6 Å². The molecule has 0 fully saturated rings. The van der Waals surface area contributed by atoms with E-state index in [0.717, 1.165) is 11.1 Å². The van der Waals surface area contributed by atoms with Gasteiger partial charge in [-0.1, -0.05) is 103 Å². The zero-order chi connectivity index (χ0) is 23.3. The zero-order valence-corrected chi connectivity index (χ0v) is 19.2. The van der Waals surface area contributed by atoms with Crippen LogP contribution in [0.15, 0.2) is 115 Å². The van der Waals surface area contributed by atoms with Gasteiger partial charge in [0, 0.05) is 6.54 Å². The Hall–Kier alpha value is -2.94. The summed E-state index contributed by atoms with van der Waals surface area (Å²) in [6.07, 6.45) is -4.35. The summed E-state index contributed by atoms with van der Waals surface area (Å²) in [6, 6.07) is 36.4. The van der Waals surface area contributed by atoms with E-state index in [1.165, 1.54) is 22.7 Å². The lowest BCUT2D eigenvalue weighted by molar-refractivity contribution is -0.137. The molecule has 0 amide bonds. The Morgan fingerprint density at radius 1 is 0.667 bits per heavy atom. The first-order chi connectivity index (χ1) is 15.9. The first-order valence-corrected chi connectivity index (χ1v) is 12.2. The molecule has 33 heavy (non-hydrogen) atoms. The number of alkyl halides is 3. The van der Waals surface area contributed by atoms with Crippen LogP contribution in [0.3, 0.4) is 0 Å². The second-order valence-electron chi connectivity index (χ2n) is 7.94. The van der Waals surface area contributed by atoms with Gasteiger partial charge in [0.05, 0.1) is 11.3 Å². The maximum atomic E-state index is 13.2. The molecule has 4 rings (SSSR count). The van der Waals surface area contributed by atoms with Crippen LogP contribution in [-0.4, -0.2) is 11.9 Å². The minimum atomic E-state index is -4.35. The summed E-state index contributed by atoms with van der Waals surface area (Å²) in [4.78, 5) is 2.25. The second kappa shape index (κ2) is 10.3. The number of rotatable bonds is 7. The molecule has 0 aromatic heterocycles. The van der Waals surface area contributed by atoms with Crippen molar-refractivity contribution in [1.82, 2.24) is 4.90 Å². The van der Waals surface area contributed by atoms with Crippen LogP contribution in [0.4, 0.5) is 13.2 Å². The number of benzene rings is 4. The van der Waals surface area contributed by atoms with Crippen molar-refractivity contribution in [2.75, 3.05) is 7.05 Å². The minimum absolute atomic E-state index is 0.104. The summed E-state index contributed by atoms with van der Waals surface area (Å²) in [7, 11) is 1.13. The lowest BCUT2D eigenvalue weighted by Gasteiger charge is -2.36. The standard InChI is InChI=1S/C28H25F3NP/c1-32(21-22-11-5-2-6-12-22)27(23-17-19-24(20-18-23)28(29,30)31)33(25-13-7-3-8-14-25)26-15-9-4-10-16-26/h2-20,27H,21H2,1H3. The lowest BCUT2D eigenvalue weighted by Crippen LogP contribution is -2.29. The van der Waals surface area contributed by atoms with Gasteiger partial charge in [0.1, 0.15) is 0 Å². The van der Waals surface area contributed by atoms with E-state index in [1.807, 2.05) is 54.6 Å². The van der Waals surface area contributed by atoms with Gasteiger partial charge in [-0.15, -0.1) is 0 Å². The average molecular weight is 463 g/mol. The highest BCUT2D eigenvalue weighted by Gasteiger charge is 2.33. The topological polar surface area (TPSA) is 3.24 Å². The van der Waals surface area contributed by atoms with Crippen LogP contribution in [0.2, 0.25) is 0 Å². The highest BCUT2D eigenvalue weighted by Crippen LogP contribution is 2.51. The highest BCUT2D eigenvalue weighted by atomic mass is 31.1. The molecule has 0 aliphatic carbocycles. The first kappa shape index (κ1) is 23.2. The van der Waals surface area contributed by atoms with Crippen LogP contribution in [-0.2, 0) is 12.7 Å². The molecule has 0 saturated carbocycles. The van der Waals surface area contributed by atoms with Crippen molar-refractivity contribution in [3.05, 3.63) is 132 Å². The molecule has 0 N–H and O–H groups in total. The summed E-state index contributed by atoms with van der Waals surface area (Å²) < 4.78 is 39.7. The normalized spacial score (nSPS) is 12.8. The Labute approximate surface area is 194 Å².